The van der Waals surface area contributed by atoms with Crippen molar-refractivity contribution in [3.63, 3.8) is 0 Å². The highest BCUT2D eigenvalue weighted by Crippen LogP contribution is 2.35. The molecule has 29 heavy (non-hydrogen) atoms. The molecule has 0 heterocycles. The van der Waals surface area contributed by atoms with Gasteiger partial charge in [-0.1, -0.05) is 51.8 Å². The largest absolute Gasteiger partial charge is 0.493 e. The number of halogens is 3. The van der Waals surface area contributed by atoms with Crippen molar-refractivity contribution in [2.75, 3.05) is 7.11 Å². The highest BCUT2D eigenvalue weighted by atomic mass is 127. The molecule has 146 valence electrons. The molecule has 3 aromatic rings. The van der Waals surface area contributed by atoms with Gasteiger partial charge in [0.2, 0.25) is 0 Å². The Morgan fingerprint density at radius 1 is 1.14 bits per heavy atom. The first-order chi connectivity index (χ1) is 14.0. The lowest BCUT2D eigenvalue weighted by Crippen LogP contribution is -2.00. The second-order valence-corrected chi connectivity index (χ2v) is 8.64. The Bertz CT molecular complexity index is 1070. The summed E-state index contributed by atoms with van der Waals surface area (Å²) < 4.78 is 13.4. The van der Waals surface area contributed by atoms with Crippen LogP contribution in [0.4, 0.5) is 0 Å². The second kappa shape index (κ2) is 10.1. The number of nitriles is 1. The van der Waals surface area contributed by atoms with E-state index in [4.69, 9.17) is 21.1 Å². The van der Waals surface area contributed by atoms with Gasteiger partial charge in [0, 0.05) is 9.50 Å². The average Bonchev–Trinajstić information content (AvgIpc) is 2.72. The lowest BCUT2D eigenvalue weighted by molar-refractivity contribution is 0.282. The molecule has 0 radical (unpaired) electrons. The molecule has 0 saturated carbocycles. The minimum absolute atomic E-state index is 0.404. The van der Waals surface area contributed by atoms with E-state index in [1.807, 2.05) is 66.7 Å². The number of methoxy groups -OCH3 is 1. The fourth-order valence-corrected chi connectivity index (χ4v) is 3.85. The van der Waals surface area contributed by atoms with Crippen molar-refractivity contribution in [3.05, 3.63) is 90.4 Å². The molecule has 0 atom stereocenters. The second-order valence-electron chi connectivity index (χ2n) is 6.13. The summed E-state index contributed by atoms with van der Waals surface area (Å²) in [6, 6.07) is 21.3. The third kappa shape index (κ3) is 5.75. The van der Waals surface area contributed by atoms with Crippen LogP contribution in [0.15, 0.2) is 65.1 Å². The van der Waals surface area contributed by atoms with Gasteiger partial charge < -0.3 is 9.47 Å². The van der Waals surface area contributed by atoms with E-state index in [2.05, 4.69) is 44.6 Å². The number of hydrogen-bond donors (Lipinski definition) is 0. The Morgan fingerprint density at radius 2 is 1.83 bits per heavy atom. The minimum atomic E-state index is 0.404. The van der Waals surface area contributed by atoms with Crippen molar-refractivity contribution in [1.82, 2.24) is 0 Å². The number of hydrogen-bond acceptors (Lipinski definition) is 3. The van der Waals surface area contributed by atoms with Crippen molar-refractivity contribution in [3.8, 4) is 17.6 Å². The smallest absolute Gasteiger partial charge is 0.174 e. The van der Waals surface area contributed by atoms with Gasteiger partial charge in [0.1, 0.15) is 6.61 Å². The molecule has 0 aliphatic carbocycles. The van der Waals surface area contributed by atoms with E-state index in [0.717, 1.165) is 24.7 Å². The molecule has 0 bridgehead atoms. The van der Waals surface area contributed by atoms with Crippen LogP contribution in [0.1, 0.15) is 16.7 Å². The van der Waals surface area contributed by atoms with Crippen LogP contribution >= 0.6 is 50.1 Å². The fourth-order valence-electron chi connectivity index (χ4n) is 2.68. The SMILES string of the molecule is COc1cc(C=C(C#N)c2ccc(Br)cc2)cc(I)c1OCc1ccc(Cl)cc1. The minimum Gasteiger partial charge on any atom is -0.493 e. The molecule has 3 rings (SSSR count). The van der Waals surface area contributed by atoms with E-state index in [0.29, 0.717) is 28.7 Å². The Labute approximate surface area is 197 Å². The van der Waals surface area contributed by atoms with Gasteiger partial charge in [-0.3, -0.25) is 0 Å². The third-order valence-electron chi connectivity index (χ3n) is 4.13. The molecule has 0 aliphatic heterocycles. The van der Waals surface area contributed by atoms with Crippen molar-refractivity contribution < 1.29 is 9.47 Å². The molecular formula is C23H16BrClINO2. The molecular weight excluding hydrogens is 565 g/mol. The maximum Gasteiger partial charge on any atom is 0.174 e. The topological polar surface area (TPSA) is 42.2 Å². The lowest BCUT2D eigenvalue weighted by atomic mass is 10.0. The third-order valence-corrected chi connectivity index (χ3v) is 5.72. The first-order valence-electron chi connectivity index (χ1n) is 8.62. The molecule has 6 heteroatoms. The zero-order valence-corrected chi connectivity index (χ0v) is 20.0. The van der Waals surface area contributed by atoms with Gasteiger partial charge >= 0.3 is 0 Å². The average molecular weight is 581 g/mol. The Balaban J connectivity index is 1.88. The van der Waals surface area contributed by atoms with Crippen LogP contribution in [-0.4, -0.2) is 7.11 Å². The molecule has 0 fully saturated rings. The van der Waals surface area contributed by atoms with Gasteiger partial charge in [-0.15, -0.1) is 0 Å². The van der Waals surface area contributed by atoms with Crippen molar-refractivity contribution in [2.24, 2.45) is 0 Å². The van der Waals surface area contributed by atoms with Crippen LogP contribution in [-0.2, 0) is 6.61 Å². The highest BCUT2D eigenvalue weighted by Gasteiger charge is 2.12. The summed E-state index contributed by atoms with van der Waals surface area (Å²) in [6.07, 6.45) is 1.84. The first kappa shape index (κ1) is 21.7. The van der Waals surface area contributed by atoms with Crippen molar-refractivity contribution in [1.29, 1.82) is 5.26 Å². The van der Waals surface area contributed by atoms with Gasteiger partial charge in [0.15, 0.2) is 11.5 Å². The van der Waals surface area contributed by atoms with E-state index in [-0.39, 0.29) is 0 Å². The van der Waals surface area contributed by atoms with E-state index in [1.54, 1.807) is 7.11 Å². The molecule has 0 saturated heterocycles. The number of benzene rings is 3. The monoisotopic (exact) mass is 579 g/mol. The van der Waals surface area contributed by atoms with Gasteiger partial charge in [-0.05, 0) is 81.8 Å². The van der Waals surface area contributed by atoms with Gasteiger partial charge in [0.05, 0.1) is 22.3 Å². The molecule has 3 aromatic carbocycles. The lowest BCUT2D eigenvalue weighted by Gasteiger charge is -2.14. The van der Waals surface area contributed by atoms with Gasteiger partial charge in [-0.25, -0.2) is 0 Å². The summed E-state index contributed by atoms with van der Waals surface area (Å²) >= 11 is 11.6. The predicted octanol–water partition coefficient (Wildman–Crippen LogP) is 7.36. The normalized spacial score (nSPS) is 11.1. The zero-order chi connectivity index (χ0) is 20.8. The maximum atomic E-state index is 9.59. The van der Waals surface area contributed by atoms with Crippen molar-refractivity contribution in [2.45, 2.75) is 6.61 Å². The van der Waals surface area contributed by atoms with E-state index in [1.165, 1.54) is 0 Å². The Morgan fingerprint density at radius 3 is 2.45 bits per heavy atom. The van der Waals surface area contributed by atoms with Crippen LogP contribution in [0, 0.1) is 14.9 Å². The summed E-state index contributed by atoms with van der Waals surface area (Å²) in [5.74, 6) is 1.28. The maximum absolute atomic E-state index is 9.59. The fraction of sp³-hybridized carbons (Fsp3) is 0.0870. The molecule has 0 unspecified atom stereocenters. The number of ether oxygens (including phenoxy) is 2. The molecule has 0 aliphatic rings. The van der Waals surface area contributed by atoms with E-state index >= 15 is 0 Å². The zero-order valence-electron chi connectivity index (χ0n) is 15.5. The quantitative estimate of drug-likeness (QED) is 0.174. The molecule has 0 spiro atoms. The van der Waals surface area contributed by atoms with Crippen LogP contribution in [0.2, 0.25) is 5.02 Å². The Kier molecular flexibility index (Phi) is 7.59. The van der Waals surface area contributed by atoms with Gasteiger partial charge in [0.25, 0.3) is 0 Å². The summed E-state index contributed by atoms with van der Waals surface area (Å²) in [7, 11) is 1.61. The summed E-state index contributed by atoms with van der Waals surface area (Å²) in [4.78, 5) is 0. The van der Waals surface area contributed by atoms with E-state index < -0.39 is 0 Å². The number of allylic oxidation sites excluding steroid dienone is 1. The van der Waals surface area contributed by atoms with Crippen LogP contribution in [0.25, 0.3) is 11.6 Å². The predicted molar refractivity (Wildman–Crippen MR) is 129 cm³/mol. The number of rotatable bonds is 6. The summed E-state index contributed by atoms with van der Waals surface area (Å²) in [5.41, 5.74) is 3.31. The van der Waals surface area contributed by atoms with Crippen LogP contribution in [0.3, 0.4) is 0 Å². The molecule has 0 N–H and O–H groups in total. The summed E-state index contributed by atoms with van der Waals surface area (Å²) in [5, 5.41) is 10.3. The first-order valence-corrected chi connectivity index (χ1v) is 10.9. The van der Waals surface area contributed by atoms with Crippen molar-refractivity contribution >= 4 is 61.8 Å². The molecule has 3 nitrogen and oxygen atoms in total. The van der Waals surface area contributed by atoms with Crippen LogP contribution < -0.4 is 9.47 Å². The van der Waals surface area contributed by atoms with E-state index in [9.17, 15) is 5.26 Å². The van der Waals surface area contributed by atoms with Crippen LogP contribution in [0.5, 0.6) is 11.5 Å². The highest BCUT2D eigenvalue weighted by molar-refractivity contribution is 14.1. The number of nitrogens with zero attached hydrogens (tertiary/aromatic N) is 1. The standard InChI is InChI=1S/C23H16BrClINO2/c1-28-22-12-16(10-18(13-27)17-4-6-19(24)7-5-17)11-21(26)23(22)29-14-15-2-8-20(25)9-3-15/h2-12H,14H2,1H3. The van der Waals surface area contributed by atoms with Gasteiger partial charge in [-0.2, -0.15) is 5.26 Å². The molecule has 0 amide bonds. The Hall–Kier alpha value is -2.01. The summed E-state index contributed by atoms with van der Waals surface area (Å²) in [6.45, 7) is 0.404. The molecule has 0 aromatic heterocycles.